The number of hydrogen-bond acceptors (Lipinski definition) is 7. The topological polar surface area (TPSA) is 104 Å². The van der Waals surface area contributed by atoms with Crippen LogP contribution >= 0.6 is 0 Å². The number of rotatable bonds is 5. The van der Waals surface area contributed by atoms with Crippen molar-refractivity contribution in [2.24, 2.45) is 0 Å². The van der Waals surface area contributed by atoms with Crippen LogP contribution < -0.4 is 26.3 Å². The highest BCUT2D eigenvalue weighted by Crippen LogP contribution is 2.27. The van der Waals surface area contributed by atoms with E-state index in [-0.39, 0.29) is 11.0 Å². The van der Waals surface area contributed by atoms with Gasteiger partial charge in [0.25, 0.3) is 5.91 Å². The summed E-state index contributed by atoms with van der Waals surface area (Å²) in [4.78, 5) is 37.3. The molecule has 0 unspecified atom stereocenters. The lowest BCUT2D eigenvalue weighted by molar-refractivity contribution is 0.0961. The molecule has 3 N–H and O–H groups in total. The zero-order valence-corrected chi connectivity index (χ0v) is 20.8. The van der Waals surface area contributed by atoms with Gasteiger partial charge in [-0.2, -0.15) is 4.98 Å². The molecule has 2 aliphatic rings. The third-order valence-corrected chi connectivity index (χ3v) is 7.16. The third kappa shape index (κ3) is 4.42. The van der Waals surface area contributed by atoms with Gasteiger partial charge in [0.15, 0.2) is 5.65 Å². The van der Waals surface area contributed by atoms with Crippen LogP contribution in [0.15, 0.2) is 59.7 Å². The summed E-state index contributed by atoms with van der Waals surface area (Å²) in [5.74, 6) is -0.0549. The van der Waals surface area contributed by atoms with Gasteiger partial charge in [0.1, 0.15) is 5.56 Å². The molecule has 1 amide bonds. The lowest BCUT2D eigenvalue weighted by Gasteiger charge is -2.29. The maximum absolute atomic E-state index is 13.2. The van der Waals surface area contributed by atoms with Gasteiger partial charge in [-0.3, -0.25) is 9.59 Å². The standard InChI is InChI=1S/C28H29N7O2/c1-29-27(37)24-17-35(22-9-8-18-4-2-5-19(18)14-22)26-23(25(24)36)16-31-28(33-26)32-20-6-3-7-21(15-20)34-12-10-30-11-13-34/h3,6-9,14-17,30H,2,4-5,10-13H2,1H3,(H,29,37)(H,31,32,33). The maximum Gasteiger partial charge on any atom is 0.256 e. The first-order valence-electron chi connectivity index (χ1n) is 12.7. The predicted octanol–water partition coefficient (Wildman–Crippen LogP) is 2.78. The Morgan fingerprint density at radius 3 is 2.70 bits per heavy atom. The molecule has 188 valence electrons. The van der Waals surface area contributed by atoms with Gasteiger partial charge in [-0.25, -0.2) is 4.98 Å². The Kier molecular flexibility index (Phi) is 6.05. The van der Waals surface area contributed by atoms with Crippen molar-refractivity contribution >= 4 is 34.3 Å². The molecular weight excluding hydrogens is 466 g/mol. The number of nitrogens with zero attached hydrogens (tertiary/aromatic N) is 4. The van der Waals surface area contributed by atoms with E-state index in [2.05, 4.69) is 50.1 Å². The second-order valence-corrected chi connectivity index (χ2v) is 9.47. The minimum atomic E-state index is -0.436. The Hall–Kier alpha value is -4.24. The van der Waals surface area contributed by atoms with E-state index in [1.54, 1.807) is 6.20 Å². The fourth-order valence-electron chi connectivity index (χ4n) is 5.20. The quantitative estimate of drug-likeness (QED) is 0.391. The van der Waals surface area contributed by atoms with Crippen molar-refractivity contribution in [2.45, 2.75) is 19.3 Å². The lowest BCUT2D eigenvalue weighted by atomic mass is 10.1. The first kappa shape index (κ1) is 23.2. The fraction of sp³-hybridized carbons (Fsp3) is 0.286. The van der Waals surface area contributed by atoms with Crippen LogP contribution in [-0.4, -0.2) is 53.7 Å². The van der Waals surface area contributed by atoms with Gasteiger partial charge in [0.05, 0.1) is 5.39 Å². The average Bonchev–Trinajstić information content (AvgIpc) is 3.42. The second-order valence-electron chi connectivity index (χ2n) is 9.47. The molecule has 1 fully saturated rings. The summed E-state index contributed by atoms with van der Waals surface area (Å²) in [7, 11) is 1.52. The van der Waals surface area contributed by atoms with Crippen LogP contribution in [0.2, 0.25) is 0 Å². The van der Waals surface area contributed by atoms with Gasteiger partial charge in [-0.15, -0.1) is 0 Å². The van der Waals surface area contributed by atoms with Crippen molar-refractivity contribution in [2.75, 3.05) is 43.4 Å². The van der Waals surface area contributed by atoms with Crippen LogP contribution in [0, 0.1) is 0 Å². The molecule has 4 aromatic rings. The van der Waals surface area contributed by atoms with Gasteiger partial charge >= 0.3 is 0 Å². The minimum Gasteiger partial charge on any atom is -0.369 e. The highest BCUT2D eigenvalue weighted by molar-refractivity contribution is 5.97. The summed E-state index contributed by atoms with van der Waals surface area (Å²) in [6.45, 7) is 3.83. The molecule has 0 atom stereocenters. The molecule has 0 radical (unpaired) electrons. The van der Waals surface area contributed by atoms with Crippen LogP contribution in [0.3, 0.4) is 0 Å². The van der Waals surface area contributed by atoms with E-state index in [1.165, 1.54) is 24.4 Å². The molecule has 6 rings (SSSR count). The summed E-state index contributed by atoms with van der Waals surface area (Å²) >= 11 is 0. The van der Waals surface area contributed by atoms with Crippen molar-refractivity contribution in [1.82, 2.24) is 25.2 Å². The van der Waals surface area contributed by atoms with Crippen LogP contribution in [0.5, 0.6) is 0 Å². The zero-order valence-electron chi connectivity index (χ0n) is 20.8. The number of piperazine rings is 1. The number of carbonyl (C=O) groups is 1. The summed E-state index contributed by atoms with van der Waals surface area (Å²) in [6, 6.07) is 14.5. The van der Waals surface area contributed by atoms with E-state index < -0.39 is 5.91 Å². The molecule has 0 bridgehead atoms. The number of aryl methyl sites for hydroxylation is 2. The highest BCUT2D eigenvalue weighted by Gasteiger charge is 2.19. The summed E-state index contributed by atoms with van der Waals surface area (Å²) in [5.41, 5.74) is 5.63. The number of aromatic nitrogens is 3. The monoisotopic (exact) mass is 495 g/mol. The molecule has 9 nitrogen and oxygen atoms in total. The van der Waals surface area contributed by atoms with Gasteiger partial charge in [0, 0.05) is 62.7 Å². The Morgan fingerprint density at radius 2 is 1.86 bits per heavy atom. The van der Waals surface area contributed by atoms with Gasteiger partial charge in [-0.05, 0) is 60.7 Å². The van der Waals surface area contributed by atoms with Crippen LogP contribution in [0.4, 0.5) is 17.3 Å². The normalized spacial score (nSPS) is 15.0. The first-order valence-corrected chi connectivity index (χ1v) is 12.7. The molecule has 1 aliphatic heterocycles. The van der Waals surface area contributed by atoms with Crippen molar-refractivity contribution in [3.05, 3.63) is 81.8 Å². The average molecular weight is 496 g/mol. The minimum absolute atomic E-state index is 0.0588. The number of benzene rings is 2. The molecule has 1 aliphatic carbocycles. The van der Waals surface area contributed by atoms with E-state index in [0.29, 0.717) is 17.0 Å². The van der Waals surface area contributed by atoms with E-state index in [9.17, 15) is 9.59 Å². The number of carbonyl (C=O) groups excluding carboxylic acids is 1. The fourth-order valence-corrected chi connectivity index (χ4v) is 5.20. The maximum atomic E-state index is 13.2. The summed E-state index contributed by atoms with van der Waals surface area (Å²) in [5, 5.41) is 9.55. The Labute approximate surface area is 214 Å². The van der Waals surface area contributed by atoms with Crippen LogP contribution in [0.25, 0.3) is 16.7 Å². The molecule has 2 aromatic carbocycles. The van der Waals surface area contributed by atoms with E-state index in [0.717, 1.165) is 62.5 Å². The largest absolute Gasteiger partial charge is 0.369 e. The number of anilines is 3. The molecule has 3 heterocycles. The molecular formula is C28H29N7O2. The van der Waals surface area contributed by atoms with Crippen molar-refractivity contribution < 1.29 is 4.79 Å². The summed E-state index contributed by atoms with van der Waals surface area (Å²) < 4.78 is 1.82. The molecule has 2 aromatic heterocycles. The van der Waals surface area contributed by atoms with Crippen LogP contribution in [-0.2, 0) is 12.8 Å². The van der Waals surface area contributed by atoms with Crippen molar-refractivity contribution in [1.29, 1.82) is 0 Å². The third-order valence-electron chi connectivity index (χ3n) is 7.16. The SMILES string of the molecule is CNC(=O)c1cn(-c2ccc3c(c2)CCC3)c2nc(Nc3cccc(N4CCNCC4)c3)ncc2c1=O. The molecule has 0 saturated carbocycles. The number of nitrogens with one attached hydrogen (secondary N) is 3. The molecule has 9 heteroatoms. The Bertz CT molecular complexity index is 1560. The van der Waals surface area contributed by atoms with Crippen molar-refractivity contribution in [3.63, 3.8) is 0 Å². The van der Waals surface area contributed by atoms with E-state index >= 15 is 0 Å². The van der Waals surface area contributed by atoms with E-state index in [1.807, 2.05) is 22.8 Å². The number of fused-ring (bicyclic) bond motifs is 2. The smallest absolute Gasteiger partial charge is 0.256 e. The van der Waals surface area contributed by atoms with E-state index in [4.69, 9.17) is 4.98 Å². The Balaban J connectivity index is 1.43. The number of amides is 1. The van der Waals surface area contributed by atoms with Crippen molar-refractivity contribution in [3.8, 4) is 5.69 Å². The van der Waals surface area contributed by atoms with Crippen LogP contribution in [0.1, 0.15) is 27.9 Å². The molecule has 0 spiro atoms. The first-order chi connectivity index (χ1) is 18.1. The molecule has 1 saturated heterocycles. The lowest BCUT2D eigenvalue weighted by Crippen LogP contribution is -2.43. The molecule has 37 heavy (non-hydrogen) atoms. The Morgan fingerprint density at radius 1 is 1.03 bits per heavy atom. The van der Waals surface area contributed by atoms with Gasteiger partial charge in [0.2, 0.25) is 11.4 Å². The zero-order chi connectivity index (χ0) is 25.4. The van der Waals surface area contributed by atoms with Gasteiger partial charge in [-0.1, -0.05) is 12.1 Å². The predicted molar refractivity (Wildman–Crippen MR) is 145 cm³/mol. The number of pyridine rings is 1. The van der Waals surface area contributed by atoms with Gasteiger partial charge < -0.3 is 25.4 Å². The second kappa shape index (κ2) is 9.67. The summed E-state index contributed by atoms with van der Waals surface area (Å²) in [6.07, 6.45) is 6.32. The highest BCUT2D eigenvalue weighted by atomic mass is 16.2. The number of hydrogen-bond donors (Lipinski definition) is 3.